The molecular formula is C37H78N4. The third-order valence-corrected chi connectivity index (χ3v) is 13.3. The first kappa shape index (κ1) is 38.9. The summed E-state index contributed by atoms with van der Waals surface area (Å²) in [6.07, 6.45) is 1.28. The topological polar surface area (TPSA) is 13.0 Å². The first-order chi connectivity index (χ1) is 17.9. The van der Waals surface area contributed by atoms with Crippen LogP contribution in [0.1, 0.15) is 145 Å². The summed E-state index contributed by atoms with van der Waals surface area (Å²) in [5.74, 6) is 0. The van der Waals surface area contributed by atoms with Crippen LogP contribution in [-0.4, -0.2) is 94.1 Å². The van der Waals surface area contributed by atoms with Crippen molar-refractivity contribution in [3.05, 3.63) is 0 Å². The monoisotopic (exact) mass is 579 g/mol. The molecule has 0 bridgehead atoms. The van der Waals surface area contributed by atoms with Gasteiger partial charge in [-0.25, -0.2) is 0 Å². The van der Waals surface area contributed by atoms with E-state index in [1.54, 1.807) is 0 Å². The molecule has 0 radical (unpaired) electrons. The molecular weight excluding hydrogens is 500 g/mol. The van der Waals surface area contributed by atoms with Gasteiger partial charge in [-0.2, -0.15) is 0 Å². The Balaban J connectivity index is 0.000000410. The molecule has 0 aromatic heterocycles. The average Bonchev–Trinajstić information content (AvgIpc) is 3.04. The lowest BCUT2D eigenvalue weighted by molar-refractivity contribution is -0.0590. The van der Waals surface area contributed by atoms with Crippen LogP contribution >= 0.6 is 0 Å². The molecule has 2 rings (SSSR count). The zero-order valence-corrected chi connectivity index (χ0v) is 32.2. The number of rotatable bonds is 4. The Morgan fingerprint density at radius 1 is 0.244 bits per heavy atom. The van der Waals surface area contributed by atoms with Gasteiger partial charge >= 0.3 is 0 Å². The molecule has 0 spiro atoms. The van der Waals surface area contributed by atoms with Gasteiger partial charge in [0.1, 0.15) is 0 Å². The standard InChI is InChI=1S/C19H40N2.C18H38N2/c1-16(2,3)18(7,8)20-12-11-13-21(15-14-20)19(9,10)17(4,5)6;1-15(2,3)17(7,8)19-11-13-20(14-12-19)18(9,10)16(4,5)6/h11-15H2,1-10H3;11-14H2,1-10H3. The van der Waals surface area contributed by atoms with Gasteiger partial charge in [-0.05, 0) is 96.6 Å². The molecule has 0 unspecified atom stereocenters. The molecule has 0 atom stereocenters. The lowest BCUT2D eigenvalue weighted by Crippen LogP contribution is -2.64. The van der Waals surface area contributed by atoms with E-state index in [1.807, 2.05) is 0 Å². The van der Waals surface area contributed by atoms with Gasteiger partial charge in [0.25, 0.3) is 0 Å². The van der Waals surface area contributed by atoms with Crippen LogP contribution < -0.4 is 0 Å². The normalized spacial score (nSPS) is 21.4. The minimum atomic E-state index is 0.245. The van der Waals surface area contributed by atoms with Gasteiger partial charge in [0, 0.05) is 61.4 Å². The molecule has 246 valence electrons. The van der Waals surface area contributed by atoms with Crippen molar-refractivity contribution in [3.63, 3.8) is 0 Å². The fourth-order valence-electron chi connectivity index (χ4n) is 5.76. The van der Waals surface area contributed by atoms with Crippen molar-refractivity contribution < 1.29 is 0 Å². The van der Waals surface area contributed by atoms with Crippen LogP contribution in [0.4, 0.5) is 0 Å². The van der Waals surface area contributed by atoms with Gasteiger partial charge in [-0.1, -0.05) is 83.1 Å². The Morgan fingerprint density at radius 3 is 0.537 bits per heavy atom. The molecule has 2 aliphatic rings. The third-order valence-electron chi connectivity index (χ3n) is 13.3. The smallest absolute Gasteiger partial charge is 0.0202 e. The Hall–Kier alpha value is -0.160. The Labute approximate surface area is 260 Å². The quantitative estimate of drug-likeness (QED) is 0.330. The van der Waals surface area contributed by atoms with Gasteiger partial charge in [-0.3, -0.25) is 19.6 Å². The van der Waals surface area contributed by atoms with E-state index in [-0.39, 0.29) is 22.2 Å². The minimum Gasteiger partial charge on any atom is -0.296 e. The van der Waals surface area contributed by atoms with Crippen LogP contribution in [0, 0.1) is 21.7 Å². The number of piperazine rings is 1. The van der Waals surface area contributed by atoms with Gasteiger partial charge < -0.3 is 0 Å². The number of hydrogen-bond donors (Lipinski definition) is 0. The molecule has 0 amide bonds. The van der Waals surface area contributed by atoms with Crippen LogP contribution in [-0.2, 0) is 0 Å². The maximum absolute atomic E-state index is 2.71. The van der Waals surface area contributed by atoms with E-state index in [9.17, 15) is 0 Å². The molecule has 2 aliphatic heterocycles. The maximum Gasteiger partial charge on any atom is 0.0202 e. The van der Waals surface area contributed by atoms with Gasteiger partial charge in [0.2, 0.25) is 0 Å². The lowest BCUT2D eigenvalue weighted by Gasteiger charge is -2.55. The molecule has 2 heterocycles. The van der Waals surface area contributed by atoms with E-state index in [2.05, 4.69) is 158 Å². The highest BCUT2D eigenvalue weighted by atomic mass is 15.3. The summed E-state index contributed by atoms with van der Waals surface area (Å²) in [5, 5.41) is 0. The first-order valence-corrected chi connectivity index (χ1v) is 16.9. The zero-order valence-electron chi connectivity index (χ0n) is 32.2. The molecule has 0 aromatic rings. The SMILES string of the molecule is CC(C)(C)C(C)(C)N1CCCN(C(C)(C)C(C)(C)C)CC1.CC(C)(C)C(C)(C)N1CCN(C(C)(C)C(C)(C)C)CC1. The summed E-state index contributed by atoms with van der Waals surface area (Å²) < 4.78 is 0. The van der Waals surface area contributed by atoms with Crippen molar-refractivity contribution in [2.75, 3.05) is 52.4 Å². The largest absolute Gasteiger partial charge is 0.296 e. The summed E-state index contributed by atoms with van der Waals surface area (Å²) in [5.41, 5.74) is 2.24. The molecule has 2 fully saturated rings. The lowest BCUT2D eigenvalue weighted by atomic mass is 9.73. The molecule has 4 nitrogen and oxygen atoms in total. The Kier molecular flexibility index (Phi) is 12.0. The van der Waals surface area contributed by atoms with Crippen LogP contribution in [0.2, 0.25) is 0 Å². The summed E-state index contributed by atoms with van der Waals surface area (Å²) in [6.45, 7) is 57.2. The molecule has 0 N–H and O–H groups in total. The van der Waals surface area contributed by atoms with Gasteiger partial charge in [-0.15, -0.1) is 0 Å². The second-order valence-electron chi connectivity index (χ2n) is 19.5. The highest BCUT2D eigenvalue weighted by Gasteiger charge is 2.44. The molecule has 0 aliphatic carbocycles. The average molecular weight is 579 g/mol. The predicted molar refractivity (Wildman–Crippen MR) is 185 cm³/mol. The van der Waals surface area contributed by atoms with E-state index in [0.717, 1.165) is 0 Å². The van der Waals surface area contributed by atoms with Crippen molar-refractivity contribution in [1.29, 1.82) is 0 Å². The molecule has 0 aromatic carbocycles. The van der Waals surface area contributed by atoms with Crippen LogP contribution in [0.3, 0.4) is 0 Å². The van der Waals surface area contributed by atoms with E-state index >= 15 is 0 Å². The Morgan fingerprint density at radius 2 is 0.390 bits per heavy atom. The predicted octanol–water partition coefficient (Wildman–Crippen LogP) is 8.90. The zero-order chi connectivity index (χ0) is 32.7. The van der Waals surface area contributed by atoms with E-state index in [1.165, 1.54) is 58.8 Å². The number of nitrogens with zero attached hydrogens (tertiary/aromatic N) is 4. The summed E-state index contributed by atoms with van der Waals surface area (Å²) in [6, 6.07) is 0. The highest BCUT2D eigenvalue weighted by molar-refractivity contribution is 5.00. The fourth-order valence-corrected chi connectivity index (χ4v) is 5.76. The second-order valence-corrected chi connectivity index (χ2v) is 19.5. The van der Waals surface area contributed by atoms with Crippen LogP contribution in [0.25, 0.3) is 0 Å². The Bertz CT molecular complexity index is 732. The third kappa shape index (κ3) is 8.73. The van der Waals surface area contributed by atoms with Crippen molar-refractivity contribution in [1.82, 2.24) is 19.6 Å². The summed E-state index contributed by atoms with van der Waals surface area (Å²) >= 11 is 0. The molecule has 2 saturated heterocycles. The second kappa shape index (κ2) is 12.7. The van der Waals surface area contributed by atoms with Crippen LogP contribution in [0.5, 0.6) is 0 Å². The van der Waals surface area contributed by atoms with Gasteiger partial charge in [0.05, 0.1) is 0 Å². The number of hydrogen-bond acceptors (Lipinski definition) is 4. The molecule has 41 heavy (non-hydrogen) atoms. The van der Waals surface area contributed by atoms with Gasteiger partial charge in [0.15, 0.2) is 0 Å². The van der Waals surface area contributed by atoms with Crippen molar-refractivity contribution in [3.8, 4) is 0 Å². The first-order valence-electron chi connectivity index (χ1n) is 16.9. The summed E-state index contributed by atoms with van der Waals surface area (Å²) in [4.78, 5) is 10.8. The molecule has 4 heteroatoms. The summed E-state index contributed by atoms with van der Waals surface area (Å²) in [7, 11) is 0. The van der Waals surface area contributed by atoms with E-state index in [0.29, 0.717) is 21.7 Å². The van der Waals surface area contributed by atoms with Crippen molar-refractivity contribution >= 4 is 0 Å². The van der Waals surface area contributed by atoms with E-state index < -0.39 is 0 Å². The maximum atomic E-state index is 2.71. The van der Waals surface area contributed by atoms with Crippen molar-refractivity contribution in [2.24, 2.45) is 21.7 Å². The van der Waals surface area contributed by atoms with E-state index in [4.69, 9.17) is 0 Å². The minimum absolute atomic E-state index is 0.245. The van der Waals surface area contributed by atoms with Crippen molar-refractivity contribution in [2.45, 2.75) is 167 Å². The highest BCUT2D eigenvalue weighted by Crippen LogP contribution is 2.40. The fraction of sp³-hybridized carbons (Fsp3) is 1.00. The molecule has 0 saturated carbocycles. The van der Waals surface area contributed by atoms with Crippen LogP contribution in [0.15, 0.2) is 0 Å².